The zero-order valence-corrected chi connectivity index (χ0v) is 15.6. The molecule has 0 unspecified atom stereocenters. The number of halogens is 1. The summed E-state index contributed by atoms with van der Waals surface area (Å²) in [7, 11) is 0. The maximum absolute atomic E-state index is 12.6. The molecule has 23 heavy (non-hydrogen) atoms. The maximum Gasteiger partial charge on any atom is 0.309 e. The van der Waals surface area contributed by atoms with Gasteiger partial charge in [0.2, 0.25) is 0 Å². The van der Waals surface area contributed by atoms with Crippen molar-refractivity contribution in [2.75, 3.05) is 13.1 Å². The summed E-state index contributed by atoms with van der Waals surface area (Å²) >= 11 is 3.37. The third kappa shape index (κ3) is 5.34. The first kappa shape index (κ1) is 18.0. The Morgan fingerprint density at radius 2 is 1.78 bits per heavy atom. The van der Waals surface area contributed by atoms with E-state index in [1.54, 1.807) is 0 Å². The van der Waals surface area contributed by atoms with E-state index in [2.05, 4.69) is 15.9 Å². The van der Waals surface area contributed by atoms with Crippen LogP contribution in [0.15, 0.2) is 28.7 Å². The van der Waals surface area contributed by atoms with Crippen LogP contribution in [0.25, 0.3) is 0 Å². The minimum atomic E-state index is -0.462. The molecule has 1 amide bonds. The van der Waals surface area contributed by atoms with Gasteiger partial charge in [-0.15, -0.1) is 0 Å². The molecule has 0 aromatic heterocycles. The lowest BCUT2D eigenvalue weighted by atomic mass is 10.0. The van der Waals surface area contributed by atoms with Crippen molar-refractivity contribution in [1.29, 1.82) is 0 Å². The summed E-state index contributed by atoms with van der Waals surface area (Å²) in [5.41, 5.74) is 0.222. The molecule has 1 heterocycles. The van der Waals surface area contributed by atoms with Gasteiger partial charge in [0.25, 0.3) is 5.91 Å². The van der Waals surface area contributed by atoms with Gasteiger partial charge in [-0.2, -0.15) is 0 Å². The Hall–Kier alpha value is -1.36. The molecule has 4 nitrogen and oxygen atoms in total. The van der Waals surface area contributed by atoms with Gasteiger partial charge in [0.15, 0.2) is 0 Å². The molecule has 1 aromatic carbocycles. The van der Waals surface area contributed by atoms with Crippen LogP contribution in [0.4, 0.5) is 0 Å². The van der Waals surface area contributed by atoms with Gasteiger partial charge in [-0.3, -0.25) is 9.59 Å². The minimum absolute atomic E-state index is 0.0299. The molecule has 1 atom stereocenters. The number of benzene rings is 1. The van der Waals surface area contributed by atoms with Gasteiger partial charge in [0, 0.05) is 23.1 Å². The molecule has 0 radical (unpaired) electrons. The van der Waals surface area contributed by atoms with Crippen LogP contribution in [0.3, 0.4) is 0 Å². The second-order valence-electron chi connectivity index (χ2n) is 6.96. The van der Waals surface area contributed by atoms with E-state index < -0.39 is 5.60 Å². The normalized spacial score (nSPS) is 19.1. The smallest absolute Gasteiger partial charge is 0.309 e. The second-order valence-corrected chi connectivity index (χ2v) is 7.88. The Bertz CT molecular complexity index is 563. The number of likely N-dealkylation sites (tertiary alicyclic amines) is 1. The van der Waals surface area contributed by atoms with Gasteiger partial charge in [-0.05, 0) is 64.3 Å². The number of carbonyl (C=O) groups is 2. The lowest BCUT2D eigenvalue weighted by Gasteiger charge is -2.23. The molecule has 1 saturated heterocycles. The van der Waals surface area contributed by atoms with Crippen molar-refractivity contribution in [1.82, 2.24) is 4.90 Å². The van der Waals surface area contributed by atoms with Crippen LogP contribution in [0, 0.1) is 5.92 Å². The van der Waals surface area contributed by atoms with Gasteiger partial charge in [0.1, 0.15) is 5.60 Å². The predicted octanol–water partition coefficient (Wildman–Crippen LogP) is 4.03. The molecule has 1 fully saturated rings. The highest BCUT2D eigenvalue weighted by Gasteiger charge is 2.29. The monoisotopic (exact) mass is 381 g/mol. The number of carbonyl (C=O) groups excluding carboxylic acids is 2. The Balaban J connectivity index is 1.97. The number of ether oxygens (including phenoxy) is 1. The van der Waals surface area contributed by atoms with Crippen molar-refractivity contribution < 1.29 is 14.3 Å². The van der Waals surface area contributed by atoms with Gasteiger partial charge in [-0.1, -0.05) is 15.9 Å². The third-order valence-corrected chi connectivity index (χ3v) is 4.38. The summed E-state index contributed by atoms with van der Waals surface area (Å²) in [6.45, 7) is 6.92. The first-order valence-electron chi connectivity index (χ1n) is 8.04. The topological polar surface area (TPSA) is 46.6 Å². The Morgan fingerprint density at radius 3 is 2.39 bits per heavy atom. The quantitative estimate of drug-likeness (QED) is 0.726. The van der Waals surface area contributed by atoms with Crippen LogP contribution in [-0.2, 0) is 9.53 Å². The number of hydrogen-bond acceptors (Lipinski definition) is 3. The van der Waals surface area contributed by atoms with E-state index in [9.17, 15) is 9.59 Å². The lowest BCUT2D eigenvalue weighted by molar-refractivity contribution is -0.160. The molecular weight excluding hydrogens is 358 g/mol. The molecule has 1 aliphatic rings. The Morgan fingerprint density at radius 1 is 1.13 bits per heavy atom. The van der Waals surface area contributed by atoms with E-state index in [1.165, 1.54) is 0 Å². The van der Waals surface area contributed by atoms with Crippen LogP contribution in [0.5, 0.6) is 0 Å². The minimum Gasteiger partial charge on any atom is -0.460 e. The van der Waals surface area contributed by atoms with E-state index >= 15 is 0 Å². The average Bonchev–Trinajstić information content (AvgIpc) is 2.71. The van der Waals surface area contributed by atoms with E-state index in [4.69, 9.17) is 4.74 Å². The maximum atomic E-state index is 12.6. The molecule has 0 spiro atoms. The highest BCUT2D eigenvalue weighted by Crippen LogP contribution is 2.23. The van der Waals surface area contributed by atoms with Crippen LogP contribution >= 0.6 is 15.9 Å². The lowest BCUT2D eigenvalue weighted by Crippen LogP contribution is -2.33. The van der Waals surface area contributed by atoms with E-state index in [0.717, 1.165) is 17.3 Å². The van der Waals surface area contributed by atoms with Crippen LogP contribution in [-0.4, -0.2) is 35.5 Å². The van der Waals surface area contributed by atoms with Crippen molar-refractivity contribution in [2.24, 2.45) is 5.92 Å². The molecule has 0 bridgehead atoms. The molecule has 126 valence electrons. The van der Waals surface area contributed by atoms with Gasteiger partial charge in [-0.25, -0.2) is 0 Å². The van der Waals surface area contributed by atoms with Crippen molar-refractivity contribution in [2.45, 2.75) is 45.6 Å². The number of rotatable bonds is 2. The fourth-order valence-corrected chi connectivity index (χ4v) is 2.96. The van der Waals surface area contributed by atoms with Crippen molar-refractivity contribution in [3.8, 4) is 0 Å². The molecule has 2 rings (SSSR count). The predicted molar refractivity (Wildman–Crippen MR) is 93.2 cm³/mol. The zero-order valence-electron chi connectivity index (χ0n) is 14.0. The van der Waals surface area contributed by atoms with E-state index in [1.807, 2.05) is 49.9 Å². The average molecular weight is 382 g/mol. The van der Waals surface area contributed by atoms with Gasteiger partial charge < -0.3 is 9.64 Å². The molecule has 1 aliphatic heterocycles. The first-order chi connectivity index (χ1) is 10.8. The van der Waals surface area contributed by atoms with E-state index in [0.29, 0.717) is 25.1 Å². The fourth-order valence-electron chi connectivity index (χ4n) is 2.70. The van der Waals surface area contributed by atoms with Crippen LogP contribution in [0.2, 0.25) is 0 Å². The molecule has 5 heteroatoms. The number of amides is 1. The van der Waals surface area contributed by atoms with Crippen LogP contribution in [0.1, 0.15) is 50.4 Å². The Kier molecular flexibility index (Phi) is 5.84. The van der Waals surface area contributed by atoms with Crippen LogP contribution < -0.4 is 0 Å². The highest BCUT2D eigenvalue weighted by molar-refractivity contribution is 9.10. The largest absolute Gasteiger partial charge is 0.460 e. The van der Waals surface area contributed by atoms with Crippen molar-refractivity contribution >= 4 is 27.8 Å². The Labute approximate surface area is 146 Å². The summed E-state index contributed by atoms with van der Waals surface area (Å²) in [4.78, 5) is 26.6. The number of esters is 1. The second kappa shape index (κ2) is 7.47. The zero-order chi connectivity index (χ0) is 17.0. The number of hydrogen-bond donors (Lipinski definition) is 0. The van der Waals surface area contributed by atoms with Crippen molar-refractivity contribution in [3.05, 3.63) is 34.3 Å². The molecule has 0 aliphatic carbocycles. The fraction of sp³-hybridized carbons (Fsp3) is 0.556. The summed E-state index contributed by atoms with van der Waals surface area (Å²) in [5.74, 6) is -0.227. The molecule has 1 aromatic rings. The molecule has 0 saturated carbocycles. The van der Waals surface area contributed by atoms with Gasteiger partial charge >= 0.3 is 5.97 Å². The van der Waals surface area contributed by atoms with Crippen molar-refractivity contribution in [3.63, 3.8) is 0 Å². The SMILES string of the molecule is CC(C)(C)OC(=O)[C@H]1CCCN(C(=O)c2ccc(Br)cc2)CC1. The summed E-state index contributed by atoms with van der Waals surface area (Å²) < 4.78 is 6.43. The number of nitrogens with zero attached hydrogens (tertiary/aromatic N) is 1. The van der Waals surface area contributed by atoms with Gasteiger partial charge in [0.05, 0.1) is 5.92 Å². The summed E-state index contributed by atoms with van der Waals surface area (Å²) in [6.07, 6.45) is 2.27. The molecule has 0 N–H and O–H groups in total. The standard InChI is InChI=1S/C18H24BrNO3/c1-18(2,3)23-17(22)14-5-4-11-20(12-10-14)16(21)13-6-8-15(19)9-7-13/h6-9,14H,4-5,10-12H2,1-3H3/t14-/m0/s1. The molecular formula is C18H24BrNO3. The highest BCUT2D eigenvalue weighted by atomic mass is 79.9. The summed E-state index contributed by atoms with van der Waals surface area (Å²) in [5, 5.41) is 0. The first-order valence-corrected chi connectivity index (χ1v) is 8.83. The van der Waals surface area contributed by atoms with E-state index in [-0.39, 0.29) is 17.8 Å². The third-order valence-electron chi connectivity index (χ3n) is 3.85. The summed E-state index contributed by atoms with van der Waals surface area (Å²) in [6, 6.07) is 7.38.